The third-order valence-corrected chi connectivity index (χ3v) is 7.58. The Hall–Kier alpha value is -4.57. The molecule has 45 heavy (non-hydrogen) atoms. The van der Waals surface area contributed by atoms with Crippen molar-refractivity contribution in [1.29, 1.82) is 0 Å². The van der Waals surface area contributed by atoms with Crippen LogP contribution in [0.5, 0.6) is 5.88 Å². The summed E-state index contributed by atoms with van der Waals surface area (Å²) in [5, 5.41) is 10.6. The third-order valence-electron chi connectivity index (χ3n) is 7.58. The van der Waals surface area contributed by atoms with E-state index in [1.54, 1.807) is 18.7 Å². The fourth-order valence-corrected chi connectivity index (χ4v) is 5.12. The number of aliphatic carboxylic acids is 1. The first-order chi connectivity index (χ1) is 20.9. The summed E-state index contributed by atoms with van der Waals surface area (Å²) >= 11 is 0. The van der Waals surface area contributed by atoms with Gasteiger partial charge in [0, 0.05) is 42.7 Å². The highest BCUT2D eigenvalue weighted by Gasteiger charge is 2.44. The van der Waals surface area contributed by atoms with Gasteiger partial charge in [-0.1, -0.05) is 0 Å². The first kappa shape index (κ1) is 33.3. The number of rotatable bonds is 4. The van der Waals surface area contributed by atoms with Gasteiger partial charge in [0.2, 0.25) is 11.8 Å². The summed E-state index contributed by atoms with van der Waals surface area (Å²) in [5.41, 5.74) is 1.01. The Morgan fingerprint density at radius 2 is 1.71 bits per heavy atom. The average Bonchev–Trinajstić information content (AvgIpc) is 3.38. The van der Waals surface area contributed by atoms with Gasteiger partial charge in [-0.2, -0.15) is 26.3 Å². The van der Waals surface area contributed by atoms with Gasteiger partial charge in [0.15, 0.2) is 5.82 Å². The SMILES string of the molecule is COc1cc([C@@H](C)C(=O)N2CC[C@@]3(CCc4cc(-c5ncc(C(F)(F)F)cn5)c(C)nc4N3)C2)c(F)cn1.O=C(O)C(F)(F)F. The number of carbonyl (C=O) groups is 2. The predicted molar refractivity (Wildman–Crippen MR) is 144 cm³/mol. The number of alkyl halides is 6. The monoisotopic (exact) mass is 644 g/mol. The van der Waals surface area contributed by atoms with Crippen LogP contribution < -0.4 is 10.1 Å². The minimum atomic E-state index is -5.08. The number of pyridine rings is 2. The maximum absolute atomic E-state index is 14.4. The second-order valence-electron chi connectivity index (χ2n) is 10.6. The number of nitrogens with zero attached hydrogens (tertiary/aromatic N) is 5. The summed E-state index contributed by atoms with van der Waals surface area (Å²) in [6, 6.07) is 3.31. The Morgan fingerprint density at radius 3 is 2.29 bits per heavy atom. The molecule has 0 unspecified atom stereocenters. The van der Waals surface area contributed by atoms with E-state index in [-0.39, 0.29) is 28.7 Å². The summed E-state index contributed by atoms with van der Waals surface area (Å²) < 4.78 is 89.9. The predicted octanol–water partition coefficient (Wildman–Crippen LogP) is 5.17. The van der Waals surface area contributed by atoms with Gasteiger partial charge in [-0.15, -0.1) is 0 Å². The van der Waals surface area contributed by atoms with Crippen molar-refractivity contribution in [2.24, 2.45) is 0 Å². The van der Waals surface area contributed by atoms with Gasteiger partial charge >= 0.3 is 18.3 Å². The molecule has 10 nitrogen and oxygen atoms in total. The summed E-state index contributed by atoms with van der Waals surface area (Å²) in [5.74, 6) is -3.10. The molecule has 0 aliphatic carbocycles. The van der Waals surface area contributed by atoms with E-state index >= 15 is 0 Å². The highest BCUT2D eigenvalue weighted by atomic mass is 19.4. The Labute approximate surface area is 251 Å². The molecule has 0 radical (unpaired) electrons. The van der Waals surface area contributed by atoms with E-state index < -0.39 is 35.6 Å². The van der Waals surface area contributed by atoms with Crippen molar-refractivity contribution >= 4 is 17.7 Å². The number of aryl methyl sites for hydroxylation is 2. The van der Waals surface area contributed by atoms with Gasteiger partial charge in [-0.25, -0.2) is 29.1 Å². The smallest absolute Gasteiger partial charge is 0.481 e. The Morgan fingerprint density at radius 1 is 1.07 bits per heavy atom. The van der Waals surface area contributed by atoms with Gasteiger partial charge in [0.1, 0.15) is 11.6 Å². The molecule has 1 spiro atoms. The molecule has 3 aromatic rings. The zero-order valence-corrected chi connectivity index (χ0v) is 24.1. The van der Waals surface area contributed by atoms with Gasteiger partial charge in [0.25, 0.3) is 0 Å². The number of aromatic nitrogens is 4. The summed E-state index contributed by atoms with van der Waals surface area (Å²) in [6.07, 6.45) is -4.89. The molecule has 3 aromatic heterocycles. The third kappa shape index (κ3) is 7.39. The Balaban J connectivity index is 0.000000591. The van der Waals surface area contributed by atoms with Crippen LogP contribution in [-0.4, -0.2) is 73.7 Å². The van der Waals surface area contributed by atoms with Crippen LogP contribution in [0.4, 0.5) is 36.6 Å². The van der Waals surface area contributed by atoms with Crippen LogP contribution >= 0.6 is 0 Å². The van der Waals surface area contributed by atoms with E-state index in [4.69, 9.17) is 14.6 Å². The van der Waals surface area contributed by atoms with Crippen molar-refractivity contribution in [2.75, 3.05) is 25.5 Å². The molecule has 1 fully saturated rings. The summed E-state index contributed by atoms with van der Waals surface area (Å²) in [7, 11) is 1.43. The van der Waals surface area contributed by atoms with Crippen molar-refractivity contribution in [2.45, 2.75) is 56.9 Å². The molecule has 1 amide bonds. The minimum absolute atomic E-state index is 0.178. The minimum Gasteiger partial charge on any atom is -0.481 e. The largest absolute Gasteiger partial charge is 0.490 e. The molecule has 0 aromatic carbocycles. The second kappa shape index (κ2) is 12.4. The Kier molecular flexibility index (Phi) is 9.21. The van der Waals surface area contributed by atoms with Gasteiger partial charge in [-0.05, 0) is 44.7 Å². The number of methoxy groups -OCH3 is 1. The number of ether oxygens (including phenoxy) is 1. The van der Waals surface area contributed by atoms with Crippen LogP contribution in [-0.2, 0) is 22.2 Å². The standard InChI is InChI=1S/C26H26F4N6O2.C2HF3O2/c1-14(18-9-21(38-3)31-12-20(18)27)24(37)36-7-6-25(13-36)5-4-16-8-19(15(2)34-22(16)35-25)23-32-10-17(11-33-23)26(28,29)30;3-2(4,5)1(6)7/h8-12,14H,4-7,13H2,1-3H3,(H,34,35);(H,6,7)/t14-,25+;/m1./s1. The van der Waals surface area contributed by atoms with Crippen LogP contribution in [0.1, 0.15) is 48.1 Å². The van der Waals surface area contributed by atoms with Crippen LogP contribution in [0, 0.1) is 12.7 Å². The molecule has 0 saturated carbocycles. The highest BCUT2D eigenvalue weighted by molar-refractivity contribution is 5.84. The van der Waals surface area contributed by atoms with Crippen LogP contribution in [0.25, 0.3) is 11.4 Å². The molecule has 2 N–H and O–H groups in total. The highest BCUT2D eigenvalue weighted by Crippen LogP contribution is 2.39. The normalized spacial score (nSPS) is 18.4. The maximum atomic E-state index is 14.4. The number of nitrogens with one attached hydrogen (secondary N) is 1. The zero-order valence-electron chi connectivity index (χ0n) is 24.1. The zero-order chi connectivity index (χ0) is 33.3. The number of carbonyl (C=O) groups excluding carboxylic acids is 1. The fourth-order valence-electron chi connectivity index (χ4n) is 5.12. The number of hydrogen-bond acceptors (Lipinski definition) is 8. The molecular weight excluding hydrogens is 617 g/mol. The molecule has 17 heteroatoms. The van der Waals surface area contributed by atoms with Crippen molar-refractivity contribution in [3.05, 3.63) is 58.9 Å². The molecule has 0 bridgehead atoms. The quantitative estimate of drug-likeness (QED) is 0.369. The molecule has 5 rings (SSSR count). The van der Waals surface area contributed by atoms with Crippen molar-refractivity contribution in [3.63, 3.8) is 0 Å². The number of anilines is 1. The van der Waals surface area contributed by atoms with Gasteiger partial charge < -0.3 is 20.1 Å². The lowest BCUT2D eigenvalue weighted by atomic mass is 9.86. The lowest BCUT2D eigenvalue weighted by Crippen LogP contribution is -2.46. The topological polar surface area (TPSA) is 130 Å². The van der Waals surface area contributed by atoms with Crippen LogP contribution in [0.15, 0.2) is 30.7 Å². The summed E-state index contributed by atoms with van der Waals surface area (Å²) in [4.78, 5) is 40.3. The average molecular weight is 645 g/mol. The molecule has 242 valence electrons. The fraction of sp³-hybridized carbons (Fsp3) is 0.429. The van der Waals surface area contributed by atoms with E-state index in [0.29, 0.717) is 43.0 Å². The van der Waals surface area contributed by atoms with E-state index in [1.165, 1.54) is 13.2 Å². The number of hydrogen-bond donors (Lipinski definition) is 2. The van der Waals surface area contributed by atoms with Crippen molar-refractivity contribution < 1.29 is 50.2 Å². The number of fused-ring (bicyclic) bond motifs is 1. The number of amides is 1. The first-order valence-electron chi connectivity index (χ1n) is 13.4. The molecule has 2 atom stereocenters. The number of carboxylic acids is 1. The molecular formula is C28H27F7N6O4. The molecule has 2 aliphatic heterocycles. The van der Waals surface area contributed by atoms with Crippen LogP contribution in [0.2, 0.25) is 0 Å². The Bertz CT molecular complexity index is 1580. The van der Waals surface area contributed by atoms with E-state index in [0.717, 1.165) is 30.6 Å². The van der Waals surface area contributed by atoms with E-state index in [9.17, 15) is 35.5 Å². The molecule has 5 heterocycles. The van der Waals surface area contributed by atoms with Crippen LogP contribution in [0.3, 0.4) is 0 Å². The van der Waals surface area contributed by atoms with Gasteiger partial charge in [-0.3, -0.25) is 4.79 Å². The lowest BCUT2D eigenvalue weighted by molar-refractivity contribution is -0.192. The van der Waals surface area contributed by atoms with Crippen molar-refractivity contribution in [3.8, 4) is 17.3 Å². The number of halogens is 7. The van der Waals surface area contributed by atoms with E-state index in [2.05, 4.69) is 25.3 Å². The van der Waals surface area contributed by atoms with Gasteiger partial charge in [0.05, 0.1) is 36.0 Å². The maximum Gasteiger partial charge on any atom is 0.490 e. The lowest BCUT2D eigenvalue weighted by Gasteiger charge is -2.36. The summed E-state index contributed by atoms with van der Waals surface area (Å²) in [6.45, 7) is 4.39. The molecule has 2 aliphatic rings. The number of carboxylic acid groups (broad SMARTS) is 1. The molecule has 1 saturated heterocycles. The van der Waals surface area contributed by atoms with Crippen molar-refractivity contribution in [1.82, 2.24) is 24.8 Å². The first-order valence-corrected chi connectivity index (χ1v) is 13.4. The van der Waals surface area contributed by atoms with E-state index in [1.807, 2.05) is 6.07 Å². The second-order valence-corrected chi connectivity index (χ2v) is 10.6. The number of likely N-dealkylation sites (tertiary alicyclic amines) is 1.